The van der Waals surface area contributed by atoms with Gasteiger partial charge in [0, 0.05) is 6.61 Å². The first-order chi connectivity index (χ1) is 6.38. The highest BCUT2D eigenvalue weighted by Gasteiger charge is 2.04. The third kappa shape index (κ3) is 3.03. The quantitative estimate of drug-likeness (QED) is 0.639. The summed E-state index contributed by atoms with van der Waals surface area (Å²) in [6.45, 7) is 4.76. The summed E-state index contributed by atoms with van der Waals surface area (Å²) >= 11 is 0. The van der Waals surface area contributed by atoms with Gasteiger partial charge in [-0.15, -0.1) is 0 Å². The minimum absolute atomic E-state index is 0.108. The Labute approximate surface area is 80.0 Å². The maximum Gasteiger partial charge on any atom is 0.101 e. The first-order valence-electron chi connectivity index (χ1n) is 4.67. The second-order valence-electron chi connectivity index (χ2n) is 2.81. The van der Waals surface area contributed by atoms with E-state index in [1.165, 1.54) is 5.56 Å². The molecule has 0 N–H and O–H groups in total. The second kappa shape index (κ2) is 5.55. The zero-order valence-electron chi connectivity index (χ0n) is 8.23. The Balaban J connectivity index is 2.76. The minimum atomic E-state index is 0.108. The van der Waals surface area contributed by atoms with E-state index in [1.54, 1.807) is 0 Å². The van der Waals surface area contributed by atoms with Gasteiger partial charge in [0.1, 0.15) is 6.10 Å². The molecule has 0 aliphatic heterocycles. The molecule has 0 fully saturated rings. The van der Waals surface area contributed by atoms with Gasteiger partial charge >= 0.3 is 0 Å². The van der Waals surface area contributed by atoms with E-state index in [0.29, 0.717) is 0 Å². The number of ether oxygens (including phenoxy) is 1. The standard InChI is InChI=1S/C12H16O/c1-3-8-12(13-4-2)11-9-6-5-7-10-11/h3,5-10,12H,4H2,1-2H3. The van der Waals surface area contributed by atoms with Crippen LogP contribution in [0.1, 0.15) is 25.5 Å². The van der Waals surface area contributed by atoms with Crippen molar-refractivity contribution in [3.8, 4) is 0 Å². The molecule has 0 amide bonds. The van der Waals surface area contributed by atoms with Gasteiger partial charge in [-0.2, -0.15) is 0 Å². The molecule has 0 aromatic heterocycles. The molecule has 0 aliphatic carbocycles. The summed E-state index contributed by atoms with van der Waals surface area (Å²) in [5.41, 5.74) is 1.21. The lowest BCUT2D eigenvalue weighted by Crippen LogP contribution is -2.00. The normalized spacial score (nSPS) is 13.4. The van der Waals surface area contributed by atoms with Crippen LogP contribution in [0.3, 0.4) is 0 Å². The molecule has 70 valence electrons. The highest BCUT2D eigenvalue weighted by Crippen LogP contribution is 2.17. The van der Waals surface area contributed by atoms with Crippen molar-refractivity contribution in [3.05, 3.63) is 48.0 Å². The van der Waals surface area contributed by atoms with E-state index in [4.69, 9.17) is 4.74 Å². The van der Waals surface area contributed by atoms with Crippen molar-refractivity contribution in [2.75, 3.05) is 6.61 Å². The largest absolute Gasteiger partial charge is 0.370 e. The number of benzene rings is 1. The molecule has 0 radical (unpaired) electrons. The van der Waals surface area contributed by atoms with Crippen molar-refractivity contribution in [3.63, 3.8) is 0 Å². The van der Waals surface area contributed by atoms with E-state index < -0.39 is 0 Å². The Morgan fingerprint density at radius 1 is 1.31 bits per heavy atom. The van der Waals surface area contributed by atoms with Crippen molar-refractivity contribution in [1.82, 2.24) is 0 Å². The molecular formula is C12H16O. The summed E-state index contributed by atoms with van der Waals surface area (Å²) in [7, 11) is 0. The topological polar surface area (TPSA) is 9.23 Å². The molecule has 1 unspecified atom stereocenters. The molecule has 13 heavy (non-hydrogen) atoms. The van der Waals surface area contributed by atoms with Gasteiger partial charge in [-0.1, -0.05) is 42.5 Å². The van der Waals surface area contributed by atoms with Crippen LogP contribution >= 0.6 is 0 Å². The van der Waals surface area contributed by atoms with Crippen molar-refractivity contribution in [2.45, 2.75) is 20.0 Å². The van der Waals surface area contributed by atoms with E-state index >= 15 is 0 Å². The molecule has 1 nitrogen and oxygen atoms in total. The van der Waals surface area contributed by atoms with Gasteiger partial charge in [-0.05, 0) is 19.4 Å². The van der Waals surface area contributed by atoms with Gasteiger partial charge in [-0.25, -0.2) is 0 Å². The van der Waals surface area contributed by atoms with Crippen LogP contribution in [0.5, 0.6) is 0 Å². The van der Waals surface area contributed by atoms with Crippen LogP contribution in [-0.2, 0) is 4.74 Å². The average molecular weight is 176 g/mol. The lowest BCUT2D eigenvalue weighted by atomic mass is 10.1. The molecule has 1 rings (SSSR count). The van der Waals surface area contributed by atoms with Crippen LogP contribution in [0.15, 0.2) is 42.5 Å². The van der Waals surface area contributed by atoms with Crippen LogP contribution < -0.4 is 0 Å². The second-order valence-corrected chi connectivity index (χ2v) is 2.81. The Kier molecular flexibility index (Phi) is 4.27. The molecule has 1 heteroatoms. The highest BCUT2D eigenvalue weighted by molar-refractivity contribution is 5.21. The molecule has 0 spiro atoms. The Hall–Kier alpha value is -1.08. The molecular weight excluding hydrogens is 160 g/mol. The van der Waals surface area contributed by atoms with E-state index in [0.717, 1.165) is 6.61 Å². The summed E-state index contributed by atoms with van der Waals surface area (Å²) in [5, 5.41) is 0. The third-order valence-corrected chi connectivity index (χ3v) is 1.84. The van der Waals surface area contributed by atoms with E-state index in [2.05, 4.69) is 18.2 Å². The van der Waals surface area contributed by atoms with Crippen LogP contribution in [-0.4, -0.2) is 6.61 Å². The zero-order valence-corrected chi connectivity index (χ0v) is 8.23. The Morgan fingerprint density at radius 2 is 2.00 bits per heavy atom. The van der Waals surface area contributed by atoms with Crippen LogP contribution in [0, 0.1) is 0 Å². The minimum Gasteiger partial charge on any atom is -0.370 e. The summed E-state index contributed by atoms with van der Waals surface area (Å²) < 4.78 is 5.58. The van der Waals surface area contributed by atoms with Gasteiger partial charge in [0.05, 0.1) is 0 Å². The number of allylic oxidation sites excluding steroid dienone is 1. The van der Waals surface area contributed by atoms with Crippen LogP contribution in [0.25, 0.3) is 0 Å². The van der Waals surface area contributed by atoms with Gasteiger partial charge in [-0.3, -0.25) is 0 Å². The highest BCUT2D eigenvalue weighted by atomic mass is 16.5. The van der Waals surface area contributed by atoms with Gasteiger partial charge in [0.25, 0.3) is 0 Å². The molecule has 0 saturated heterocycles. The smallest absolute Gasteiger partial charge is 0.101 e. The zero-order chi connectivity index (χ0) is 9.52. The summed E-state index contributed by atoms with van der Waals surface area (Å²) in [5.74, 6) is 0. The predicted octanol–water partition coefficient (Wildman–Crippen LogP) is 3.34. The summed E-state index contributed by atoms with van der Waals surface area (Å²) in [6.07, 6.45) is 4.20. The first kappa shape index (κ1) is 10.0. The predicted molar refractivity (Wildman–Crippen MR) is 55.6 cm³/mol. The fraction of sp³-hybridized carbons (Fsp3) is 0.333. The number of hydrogen-bond donors (Lipinski definition) is 0. The van der Waals surface area contributed by atoms with Crippen molar-refractivity contribution in [2.24, 2.45) is 0 Å². The lowest BCUT2D eigenvalue weighted by molar-refractivity contribution is 0.0967. The van der Waals surface area contributed by atoms with Crippen molar-refractivity contribution in [1.29, 1.82) is 0 Å². The van der Waals surface area contributed by atoms with Gasteiger partial charge in [0.2, 0.25) is 0 Å². The van der Waals surface area contributed by atoms with Crippen molar-refractivity contribution < 1.29 is 4.74 Å². The SMILES string of the molecule is CC=CC(OCC)c1ccccc1. The number of hydrogen-bond acceptors (Lipinski definition) is 1. The maximum atomic E-state index is 5.58. The fourth-order valence-corrected chi connectivity index (χ4v) is 1.26. The molecule has 1 atom stereocenters. The first-order valence-corrected chi connectivity index (χ1v) is 4.67. The monoisotopic (exact) mass is 176 g/mol. The lowest BCUT2D eigenvalue weighted by Gasteiger charge is -2.12. The Bertz CT molecular complexity index is 251. The maximum absolute atomic E-state index is 5.58. The van der Waals surface area contributed by atoms with Crippen LogP contribution in [0.2, 0.25) is 0 Å². The third-order valence-electron chi connectivity index (χ3n) is 1.84. The Morgan fingerprint density at radius 3 is 2.54 bits per heavy atom. The molecule has 0 aliphatic rings. The van der Waals surface area contributed by atoms with Crippen LogP contribution in [0.4, 0.5) is 0 Å². The van der Waals surface area contributed by atoms with E-state index in [-0.39, 0.29) is 6.10 Å². The molecule has 1 aromatic rings. The van der Waals surface area contributed by atoms with E-state index in [1.807, 2.05) is 38.1 Å². The molecule has 0 bridgehead atoms. The fourth-order valence-electron chi connectivity index (χ4n) is 1.26. The number of rotatable bonds is 4. The summed E-state index contributed by atoms with van der Waals surface area (Å²) in [6, 6.07) is 10.2. The van der Waals surface area contributed by atoms with Gasteiger partial charge in [0.15, 0.2) is 0 Å². The average Bonchev–Trinajstić information content (AvgIpc) is 2.19. The van der Waals surface area contributed by atoms with Gasteiger partial charge < -0.3 is 4.74 Å². The van der Waals surface area contributed by atoms with E-state index in [9.17, 15) is 0 Å². The molecule has 0 heterocycles. The van der Waals surface area contributed by atoms with Crippen molar-refractivity contribution >= 4 is 0 Å². The summed E-state index contributed by atoms with van der Waals surface area (Å²) in [4.78, 5) is 0. The molecule has 1 aromatic carbocycles. The molecule has 0 saturated carbocycles.